The second kappa shape index (κ2) is 22.7. The van der Waals surface area contributed by atoms with Crippen molar-refractivity contribution in [2.75, 3.05) is 66.4 Å². The van der Waals surface area contributed by atoms with Crippen molar-refractivity contribution in [2.45, 2.75) is 90.8 Å². The number of halogens is 1. The summed E-state index contributed by atoms with van der Waals surface area (Å²) in [5.74, 6) is -1.14. The van der Waals surface area contributed by atoms with Crippen LogP contribution in [0.5, 0.6) is 17.2 Å². The number of ether oxygens (including phenoxy) is 6. The van der Waals surface area contributed by atoms with Crippen LogP contribution in [0.3, 0.4) is 0 Å². The van der Waals surface area contributed by atoms with Crippen molar-refractivity contribution in [1.82, 2.24) is 20.4 Å². The van der Waals surface area contributed by atoms with Crippen molar-refractivity contribution < 1.29 is 52.7 Å². The molecule has 2 saturated heterocycles. The topological polar surface area (TPSA) is 174 Å². The van der Waals surface area contributed by atoms with Gasteiger partial charge in [0.25, 0.3) is 11.8 Å². The van der Waals surface area contributed by atoms with E-state index in [2.05, 4.69) is 36.0 Å². The van der Waals surface area contributed by atoms with E-state index in [1.54, 1.807) is 25.3 Å². The molecule has 0 bridgehead atoms. The van der Waals surface area contributed by atoms with E-state index in [-0.39, 0.29) is 79.3 Å². The number of carbonyl (C=O) groups excluding carboxylic acids is 4. The average molecular weight is 857 g/mol. The minimum atomic E-state index is -1.05. The first-order valence-electron chi connectivity index (χ1n) is 20.9. The zero-order valence-electron chi connectivity index (χ0n) is 35.5. The van der Waals surface area contributed by atoms with Gasteiger partial charge in [-0.15, -0.1) is 0 Å². The molecule has 0 aliphatic carbocycles. The van der Waals surface area contributed by atoms with Gasteiger partial charge in [-0.05, 0) is 69.7 Å². The standard InChI is InChI=1S/C44H61ClN4O11/c1-7-58-38-23-36(50)32(22-31(38)24-48-16-9-10-33(48)26-55-6)25-60-30(5)27(2)28(3)41(29(4)45)46-15-17-56-18-19-57-20-21-59-37-12-8-11-34-40(37)44(54)49(43(34)53)35-13-14-39(51)47-42(35)52/h8,11-12,22-23,27-28,30,33,35,41,46,50H,4,7,9-10,13-21,24-26H2,1-3,5-6H3,(H,47,51,52)/t27-,28+,30+,33-,35?,41?/m0/s1. The predicted molar refractivity (Wildman–Crippen MR) is 224 cm³/mol. The summed E-state index contributed by atoms with van der Waals surface area (Å²) < 4.78 is 35.0. The number of imide groups is 2. The predicted octanol–water partition coefficient (Wildman–Crippen LogP) is 4.80. The molecule has 60 heavy (non-hydrogen) atoms. The highest BCUT2D eigenvalue weighted by Gasteiger charge is 2.46. The molecular weight excluding hydrogens is 796 g/mol. The van der Waals surface area contributed by atoms with Crippen LogP contribution in [0, 0.1) is 11.8 Å². The zero-order chi connectivity index (χ0) is 43.3. The van der Waals surface area contributed by atoms with E-state index in [9.17, 15) is 24.3 Å². The van der Waals surface area contributed by atoms with Gasteiger partial charge in [-0.2, -0.15) is 0 Å². The number of hydrogen-bond acceptors (Lipinski definition) is 13. The van der Waals surface area contributed by atoms with Crippen LogP contribution in [0.25, 0.3) is 0 Å². The van der Waals surface area contributed by atoms with Gasteiger partial charge >= 0.3 is 0 Å². The number of nitrogens with one attached hydrogen (secondary N) is 2. The van der Waals surface area contributed by atoms with Gasteiger partial charge in [0.2, 0.25) is 11.8 Å². The lowest BCUT2D eigenvalue weighted by atomic mass is 9.85. The van der Waals surface area contributed by atoms with Gasteiger partial charge in [0.1, 0.15) is 29.9 Å². The summed E-state index contributed by atoms with van der Waals surface area (Å²) in [5, 5.41) is 17.1. The van der Waals surface area contributed by atoms with Crippen molar-refractivity contribution in [1.29, 1.82) is 0 Å². The van der Waals surface area contributed by atoms with Crippen LogP contribution in [0.1, 0.15) is 85.2 Å². The molecule has 2 fully saturated rings. The fourth-order valence-corrected chi connectivity index (χ4v) is 8.28. The van der Waals surface area contributed by atoms with Crippen LogP contribution in [0.4, 0.5) is 0 Å². The molecule has 0 radical (unpaired) electrons. The quantitative estimate of drug-likeness (QED) is 0.0919. The maximum Gasteiger partial charge on any atom is 0.266 e. The van der Waals surface area contributed by atoms with E-state index < -0.39 is 29.7 Å². The van der Waals surface area contributed by atoms with Gasteiger partial charge in [-0.25, -0.2) is 0 Å². The normalized spacial score (nSPS) is 20.2. The lowest BCUT2D eigenvalue weighted by Crippen LogP contribution is -2.54. The number of phenols is 1. The molecule has 2 unspecified atom stereocenters. The van der Waals surface area contributed by atoms with Crippen molar-refractivity contribution in [3.05, 3.63) is 64.2 Å². The Morgan fingerprint density at radius 2 is 1.72 bits per heavy atom. The van der Waals surface area contributed by atoms with Crippen molar-refractivity contribution in [3.8, 4) is 17.2 Å². The summed E-state index contributed by atoms with van der Waals surface area (Å²) in [5.41, 5.74) is 1.97. The van der Waals surface area contributed by atoms with Crippen LogP contribution in [0.15, 0.2) is 41.9 Å². The molecule has 15 nitrogen and oxygen atoms in total. The molecule has 3 aliphatic heterocycles. The number of likely N-dealkylation sites (tertiary alicyclic amines) is 1. The Morgan fingerprint density at radius 3 is 2.43 bits per heavy atom. The Balaban J connectivity index is 1.00. The average Bonchev–Trinajstić information content (AvgIpc) is 3.76. The second-order valence-electron chi connectivity index (χ2n) is 15.6. The highest BCUT2D eigenvalue weighted by atomic mass is 35.5. The molecule has 330 valence electrons. The van der Waals surface area contributed by atoms with E-state index in [4.69, 9.17) is 40.0 Å². The van der Waals surface area contributed by atoms with Crippen LogP contribution < -0.4 is 20.1 Å². The Bertz CT molecular complexity index is 1830. The number of hydrogen-bond donors (Lipinski definition) is 3. The number of rotatable bonds is 25. The largest absolute Gasteiger partial charge is 0.507 e. The van der Waals surface area contributed by atoms with E-state index >= 15 is 0 Å². The number of fused-ring (bicyclic) bond motifs is 1. The lowest BCUT2D eigenvalue weighted by Gasteiger charge is -2.33. The maximum absolute atomic E-state index is 13.3. The molecule has 0 spiro atoms. The smallest absolute Gasteiger partial charge is 0.266 e. The number of nitrogens with zero attached hydrogens (tertiary/aromatic N) is 2. The van der Waals surface area contributed by atoms with E-state index in [0.717, 1.165) is 29.8 Å². The number of methoxy groups -OCH3 is 1. The molecule has 6 atom stereocenters. The van der Waals surface area contributed by atoms with Crippen LogP contribution in [-0.4, -0.2) is 129 Å². The SMILES string of the molecule is C=C(Cl)C(NCCOCCOCCOc1cccc2c1C(=O)N(C1CCC(=O)NC1=O)C2=O)[C@H](C)[C@H](C)[C@@H](C)OCc1cc(CN2CCC[C@H]2COC)c(OCC)cc1O. The second-order valence-corrected chi connectivity index (χ2v) is 16.0. The first-order valence-corrected chi connectivity index (χ1v) is 21.3. The van der Waals surface area contributed by atoms with Crippen molar-refractivity contribution in [3.63, 3.8) is 0 Å². The first kappa shape index (κ1) is 47.0. The summed E-state index contributed by atoms with van der Waals surface area (Å²) >= 11 is 6.50. The molecule has 3 aliphatic rings. The molecule has 5 rings (SSSR count). The third-order valence-corrected chi connectivity index (χ3v) is 11.9. The fourth-order valence-electron chi connectivity index (χ4n) is 8.01. The molecule has 2 aromatic rings. The number of phenolic OH excluding ortho intramolecular Hbond substituents is 1. The van der Waals surface area contributed by atoms with Gasteiger partial charge in [0.05, 0.1) is 63.5 Å². The Kier molecular flexibility index (Phi) is 17.7. The molecule has 3 heterocycles. The van der Waals surface area contributed by atoms with Gasteiger partial charge in [-0.3, -0.25) is 34.3 Å². The van der Waals surface area contributed by atoms with Gasteiger partial charge in [0, 0.05) is 60.9 Å². The van der Waals surface area contributed by atoms with Crippen LogP contribution in [0.2, 0.25) is 0 Å². The number of carbonyl (C=O) groups is 4. The summed E-state index contributed by atoms with van der Waals surface area (Å²) in [7, 11) is 1.73. The maximum atomic E-state index is 13.3. The molecule has 0 saturated carbocycles. The highest BCUT2D eigenvalue weighted by Crippen LogP contribution is 2.35. The number of benzene rings is 2. The Morgan fingerprint density at radius 1 is 0.967 bits per heavy atom. The third-order valence-electron chi connectivity index (χ3n) is 11.6. The number of aromatic hydroxyl groups is 1. The first-order chi connectivity index (χ1) is 28.9. The third kappa shape index (κ3) is 11.8. The molecule has 4 amide bonds. The molecule has 16 heteroatoms. The highest BCUT2D eigenvalue weighted by molar-refractivity contribution is 6.30. The lowest BCUT2D eigenvalue weighted by molar-refractivity contribution is -0.136. The fraction of sp³-hybridized carbons (Fsp3) is 0.591. The summed E-state index contributed by atoms with van der Waals surface area (Å²) in [6, 6.07) is 7.51. The Hall–Kier alpha value is -4.09. The monoisotopic (exact) mass is 856 g/mol. The van der Waals surface area contributed by atoms with Crippen molar-refractivity contribution >= 4 is 35.2 Å². The molecular formula is C44H61ClN4O11. The summed E-state index contributed by atoms with van der Waals surface area (Å²) in [6.07, 6.45) is 2.18. The molecule has 2 aromatic carbocycles. The minimum Gasteiger partial charge on any atom is -0.507 e. The molecule has 3 N–H and O–H groups in total. The molecule has 0 aromatic heterocycles. The Labute approximate surface area is 358 Å². The van der Waals surface area contributed by atoms with Crippen LogP contribution in [-0.2, 0) is 41.7 Å². The summed E-state index contributed by atoms with van der Waals surface area (Å²) in [6.45, 7) is 17.2. The number of amides is 4. The minimum absolute atomic E-state index is 0.0423. The van der Waals surface area contributed by atoms with Crippen molar-refractivity contribution in [2.24, 2.45) is 11.8 Å². The van der Waals surface area contributed by atoms with Gasteiger partial charge < -0.3 is 38.8 Å². The number of piperidine rings is 1. The van der Waals surface area contributed by atoms with E-state index in [1.165, 1.54) is 6.07 Å². The van der Waals surface area contributed by atoms with Crippen LogP contribution >= 0.6 is 11.6 Å². The summed E-state index contributed by atoms with van der Waals surface area (Å²) in [4.78, 5) is 53.6. The van der Waals surface area contributed by atoms with E-state index in [1.807, 2.05) is 19.9 Å². The zero-order valence-corrected chi connectivity index (χ0v) is 36.2. The van der Waals surface area contributed by atoms with E-state index in [0.29, 0.717) is 68.5 Å². The van der Waals surface area contributed by atoms with Gasteiger partial charge in [-0.1, -0.05) is 38.1 Å². The van der Waals surface area contributed by atoms with Gasteiger partial charge in [0.15, 0.2) is 0 Å².